The van der Waals surface area contributed by atoms with E-state index in [2.05, 4.69) is 36.3 Å². The van der Waals surface area contributed by atoms with Crippen LogP contribution in [0, 0.1) is 0 Å². The highest BCUT2D eigenvalue weighted by atomic mass is 14.9. The van der Waals surface area contributed by atoms with E-state index in [1.165, 1.54) is 5.56 Å². The summed E-state index contributed by atoms with van der Waals surface area (Å²) in [6.45, 7) is 7.32. The summed E-state index contributed by atoms with van der Waals surface area (Å²) < 4.78 is 0. The van der Waals surface area contributed by atoms with Crippen LogP contribution >= 0.6 is 0 Å². The van der Waals surface area contributed by atoms with Gasteiger partial charge in [0.25, 0.3) is 0 Å². The Hall–Kier alpha value is -0.930. The lowest BCUT2D eigenvalue weighted by Crippen LogP contribution is -2.33. The van der Waals surface area contributed by atoms with Gasteiger partial charge in [0.05, 0.1) is 0 Å². The third kappa shape index (κ3) is 4.29. The van der Waals surface area contributed by atoms with Crippen molar-refractivity contribution in [3.63, 3.8) is 0 Å². The van der Waals surface area contributed by atoms with Crippen LogP contribution in [0.25, 0.3) is 0 Å². The summed E-state index contributed by atoms with van der Waals surface area (Å²) in [7, 11) is 0. The van der Waals surface area contributed by atoms with Gasteiger partial charge < -0.3 is 11.1 Å². The van der Waals surface area contributed by atoms with Gasteiger partial charge in [0.1, 0.15) is 0 Å². The molecule has 3 nitrogen and oxygen atoms in total. The third-order valence-electron chi connectivity index (χ3n) is 2.84. The number of unbranched alkanes of at least 4 members (excludes halogenated alkanes) is 1. The number of nitrogens with zero attached hydrogens (tertiary/aromatic N) is 1. The van der Waals surface area contributed by atoms with Crippen molar-refractivity contribution in [2.75, 3.05) is 19.6 Å². The zero-order valence-electron chi connectivity index (χ0n) is 10.4. The molecule has 0 unspecified atom stereocenters. The summed E-state index contributed by atoms with van der Waals surface area (Å²) in [6.07, 6.45) is 5.96. The molecule has 0 aliphatic carbocycles. The standard InChI is InChI=1S/C13H23N3/c1-13(2,11-16-8-4-3-7-14)12-5-9-15-10-6-12/h5-6,9-10,16H,3-4,7-8,11,14H2,1-2H3. The minimum absolute atomic E-state index is 0.158. The molecule has 0 amide bonds. The lowest BCUT2D eigenvalue weighted by atomic mass is 9.85. The van der Waals surface area contributed by atoms with E-state index in [1.54, 1.807) is 0 Å². The van der Waals surface area contributed by atoms with Gasteiger partial charge in [-0.2, -0.15) is 0 Å². The Labute approximate surface area is 98.5 Å². The third-order valence-corrected chi connectivity index (χ3v) is 2.84. The molecule has 0 aromatic carbocycles. The molecule has 3 N–H and O–H groups in total. The zero-order valence-corrected chi connectivity index (χ0v) is 10.4. The molecule has 0 aliphatic rings. The van der Waals surface area contributed by atoms with Crippen molar-refractivity contribution in [2.24, 2.45) is 5.73 Å². The van der Waals surface area contributed by atoms with Crippen LogP contribution in [0.3, 0.4) is 0 Å². The first-order chi connectivity index (χ1) is 7.67. The van der Waals surface area contributed by atoms with E-state index in [1.807, 2.05) is 12.4 Å². The minimum atomic E-state index is 0.158. The molecule has 16 heavy (non-hydrogen) atoms. The fourth-order valence-electron chi connectivity index (χ4n) is 1.70. The number of nitrogens with two attached hydrogens (primary N) is 1. The minimum Gasteiger partial charge on any atom is -0.330 e. The average Bonchev–Trinajstić information content (AvgIpc) is 2.30. The topological polar surface area (TPSA) is 50.9 Å². The van der Waals surface area contributed by atoms with Gasteiger partial charge in [-0.05, 0) is 43.6 Å². The Bertz CT molecular complexity index is 282. The quantitative estimate of drug-likeness (QED) is 0.689. The first-order valence-corrected chi connectivity index (χ1v) is 5.98. The second-order valence-electron chi connectivity index (χ2n) is 4.79. The van der Waals surface area contributed by atoms with Crippen molar-refractivity contribution in [1.82, 2.24) is 10.3 Å². The molecule has 1 heterocycles. The number of hydrogen-bond acceptors (Lipinski definition) is 3. The van der Waals surface area contributed by atoms with Gasteiger partial charge in [0.2, 0.25) is 0 Å². The largest absolute Gasteiger partial charge is 0.330 e. The number of pyridine rings is 1. The summed E-state index contributed by atoms with van der Waals surface area (Å²) >= 11 is 0. The molecule has 0 saturated heterocycles. The Morgan fingerprint density at radius 1 is 1.25 bits per heavy atom. The molecule has 0 bridgehead atoms. The summed E-state index contributed by atoms with van der Waals surface area (Å²) in [5.74, 6) is 0. The van der Waals surface area contributed by atoms with E-state index in [9.17, 15) is 0 Å². The molecule has 0 aliphatic heterocycles. The van der Waals surface area contributed by atoms with Gasteiger partial charge in [-0.25, -0.2) is 0 Å². The summed E-state index contributed by atoms with van der Waals surface area (Å²) in [5.41, 5.74) is 6.94. The van der Waals surface area contributed by atoms with Crippen molar-refractivity contribution >= 4 is 0 Å². The van der Waals surface area contributed by atoms with Gasteiger partial charge in [-0.1, -0.05) is 13.8 Å². The SMILES string of the molecule is CC(C)(CNCCCCN)c1ccncc1. The van der Waals surface area contributed by atoms with Crippen LogP contribution in [0.2, 0.25) is 0 Å². The average molecular weight is 221 g/mol. The highest BCUT2D eigenvalue weighted by Gasteiger charge is 2.19. The van der Waals surface area contributed by atoms with Crippen molar-refractivity contribution in [1.29, 1.82) is 0 Å². The molecule has 1 aromatic heterocycles. The Kier molecular flexibility index (Phi) is 5.43. The lowest BCUT2D eigenvalue weighted by molar-refractivity contribution is 0.463. The maximum atomic E-state index is 5.45. The van der Waals surface area contributed by atoms with Gasteiger partial charge in [0, 0.05) is 24.4 Å². The van der Waals surface area contributed by atoms with Gasteiger partial charge >= 0.3 is 0 Å². The second-order valence-corrected chi connectivity index (χ2v) is 4.79. The van der Waals surface area contributed by atoms with Crippen LogP contribution < -0.4 is 11.1 Å². The normalized spacial score (nSPS) is 11.7. The van der Waals surface area contributed by atoms with Crippen LogP contribution in [0.15, 0.2) is 24.5 Å². The summed E-state index contributed by atoms with van der Waals surface area (Å²) in [5, 5.41) is 3.48. The monoisotopic (exact) mass is 221 g/mol. The molecule has 1 aromatic rings. The molecule has 1 rings (SSSR count). The van der Waals surface area contributed by atoms with Crippen molar-refractivity contribution < 1.29 is 0 Å². The van der Waals surface area contributed by atoms with Gasteiger partial charge in [0.15, 0.2) is 0 Å². The van der Waals surface area contributed by atoms with Crippen LogP contribution in [0.5, 0.6) is 0 Å². The lowest BCUT2D eigenvalue weighted by Gasteiger charge is -2.25. The van der Waals surface area contributed by atoms with Crippen molar-refractivity contribution in [2.45, 2.75) is 32.1 Å². The molecular weight excluding hydrogens is 198 g/mol. The maximum Gasteiger partial charge on any atom is 0.0270 e. The maximum absolute atomic E-state index is 5.45. The molecule has 0 fully saturated rings. The molecule has 0 spiro atoms. The van der Waals surface area contributed by atoms with E-state index in [-0.39, 0.29) is 5.41 Å². The molecular formula is C13H23N3. The highest BCUT2D eigenvalue weighted by molar-refractivity contribution is 5.20. The van der Waals surface area contributed by atoms with Crippen LogP contribution in [-0.4, -0.2) is 24.6 Å². The molecule has 0 atom stereocenters. The predicted molar refractivity (Wildman–Crippen MR) is 68.4 cm³/mol. The first-order valence-electron chi connectivity index (χ1n) is 5.98. The van der Waals surface area contributed by atoms with Crippen LogP contribution in [-0.2, 0) is 5.41 Å². The number of nitrogens with one attached hydrogen (secondary N) is 1. The second kappa shape index (κ2) is 6.61. The first kappa shape index (κ1) is 13.1. The fourth-order valence-corrected chi connectivity index (χ4v) is 1.70. The number of rotatable bonds is 7. The van der Waals surface area contributed by atoms with Crippen LogP contribution in [0.4, 0.5) is 0 Å². The van der Waals surface area contributed by atoms with E-state index >= 15 is 0 Å². The zero-order chi connectivity index (χ0) is 11.9. The molecule has 0 saturated carbocycles. The van der Waals surface area contributed by atoms with E-state index in [0.717, 1.165) is 32.5 Å². The fraction of sp³-hybridized carbons (Fsp3) is 0.615. The van der Waals surface area contributed by atoms with Crippen molar-refractivity contribution in [3.8, 4) is 0 Å². The Balaban J connectivity index is 2.35. The molecule has 3 heteroatoms. The number of aromatic nitrogens is 1. The molecule has 90 valence electrons. The van der Waals surface area contributed by atoms with E-state index in [0.29, 0.717) is 0 Å². The van der Waals surface area contributed by atoms with E-state index in [4.69, 9.17) is 5.73 Å². The van der Waals surface area contributed by atoms with Crippen molar-refractivity contribution in [3.05, 3.63) is 30.1 Å². The van der Waals surface area contributed by atoms with E-state index < -0.39 is 0 Å². The predicted octanol–water partition coefficient (Wildman–Crippen LogP) is 1.69. The van der Waals surface area contributed by atoms with Gasteiger partial charge in [-0.15, -0.1) is 0 Å². The highest BCUT2D eigenvalue weighted by Crippen LogP contribution is 2.20. The summed E-state index contributed by atoms with van der Waals surface area (Å²) in [4.78, 5) is 4.05. The summed E-state index contributed by atoms with van der Waals surface area (Å²) in [6, 6.07) is 4.17. The molecule has 0 radical (unpaired) electrons. The Morgan fingerprint density at radius 2 is 1.94 bits per heavy atom. The van der Waals surface area contributed by atoms with Crippen LogP contribution in [0.1, 0.15) is 32.3 Å². The Morgan fingerprint density at radius 3 is 2.56 bits per heavy atom. The smallest absolute Gasteiger partial charge is 0.0270 e. The van der Waals surface area contributed by atoms with Gasteiger partial charge in [-0.3, -0.25) is 4.98 Å². The number of hydrogen-bond donors (Lipinski definition) is 2.